The van der Waals surface area contributed by atoms with Crippen LogP contribution in [-0.4, -0.2) is 22.7 Å². The third-order valence-corrected chi connectivity index (χ3v) is 4.83. The Bertz CT molecular complexity index is 1180. The summed E-state index contributed by atoms with van der Waals surface area (Å²) in [5.74, 6) is -0.847. The molecule has 0 aliphatic heterocycles. The molecule has 0 unspecified atom stereocenters. The van der Waals surface area contributed by atoms with Crippen molar-refractivity contribution >= 4 is 23.7 Å². The molecule has 0 spiro atoms. The number of carbonyl (C=O) groups is 3. The third kappa shape index (κ3) is 5.92. The molecule has 0 aromatic heterocycles. The second-order valence-corrected chi connectivity index (χ2v) is 7.36. The van der Waals surface area contributed by atoms with Crippen LogP contribution >= 0.6 is 0 Å². The molecule has 2 amide bonds. The van der Waals surface area contributed by atoms with Crippen LogP contribution in [0.25, 0.3) is 6.08 Å². The zero-order valence-electron chi connectivity index (χ0n) is 17.9. The molecule has 0 aliphatic carbocycles. The molecule has 3 N–H and O–H groups in total. The summed E-state index contributed by atoms with van der Waals surface area (Å²) < 4.78 is 0. The van der Waals surface area contributed by atoms with E-state index in [9.17, 15) is 19.5 Å². The van der Waals surface area contributed by atoms with Gasteiger partial charge in [-0.25, -0.2) is 0 Å². The van der Waals surface area contributed by atoms with Crippen LogP contribution in [0.3, 0.4) is 0 Å². The van der Waals surface area contributed by atoms with Gasteiger partial charge in [0.1, 0.15) is 5.75 Å². The Labute approximate surface area is 186 Å². The predicted molar refractivity (Wildman–Crippen MR) is 123 cm³/mol. The molecular formula is C26H24N2O4. The maximum atomic E-state index is 12.8. The average Bonchev–Trinajstić information content (AvgIpc) is 2.77. The van der Waals surface area contributed by atoms with Crippen LogP contribution in [0.15, 0.2) is 78.5 Å². The summed E-state index contributed by atoms with van der Waals surface area (Å²) in [5, 5.41) is 15.0. The van der Waals surface area contributed by atoms with Crippen LogP contribution < -0.4 is 10.6 Å². The van der Waals surface area contributed by atoms with Gasteiger partial charge in [0.05, 0.1) is 5.70 Å². The number of hydrogen-bond acceptors (Lipinski definition) is 4. The van der Waals surface area contributed by atoms with E-state index in [0.29, 0.717) is 16.7 Å². The van der Waals surface area contributed by atoms with Gasteiger partial charge in [0.25, 0.3) is 11.8 Å². The van der Waals surface area contributed by atoms with Crippen LogP contribution in [0, 0.1) is 6.92 Å². The SMILES string of the molecule is CC(=O)/C(=C/c1ccccc1)NC(=O)c1ccc(C(=O)NCc2cccc(O)c2)cc1C. The van der Waals surface area contributed by atoms with E-state index in [4.69, 9.17) is 0 Å². The molecule has 0 atom stereocenters. The summed E-state index contributed by atoms with van der Waals surface area (Å²) in [7, 11) is 0. The lowest BCUT2D eigenvalue weighted by molar-refractivity contribution is -0.113. The number of Topliss-reactive ketones (excluding diaryl/α,β-unsaturated/α-hetero) is 1. The molecule has 3 rings (SSSR count). The van der Waals surface area contributed by atoms with Gasteiger partial charge in [0, 0.05) is 24.6 Å². The van der Waals surface area contributed by atoms with Gasteiger partial charge in [0.2, 0.25) is 0 Å². The summed E-state index contributed by atoms with van der Waals surface area (Å²) >= 11 is 0. The molecule has 0 aliphatic rings. The summed E-state index contributed by atoms with van der Waals surface area (Å²) in [6, 6.07) is 20.6. The number of phenolic OH excluding ortho intramolecular Hbond substituents is 1. The molecule has 0 saturated carbocycles. The van der Waals surface area contributed by atoms with Crippen molar-refractivity contribution in [3.8, 4) is 5.75 Å². The van der Waals surface area contributed by atoms with Crippen LogP contribution in [0.2, 0.25) is 0 Å². The van der Waals surface area contributed by atoms with Gasteiger partial charge in [-0.2, -0.15) is 0 Å². The van der Waals surface area contributed by atoms with Crippen LogP contribution in [-0.2, 0) is 11.3 Å². The first-order valence-electron chi connectivity index (χ1n) is 10.1. The highest BCUT2D eigenvalue weighted by Crippen LogP contribution is 2.14. The van der Waals surface area contributed by atoms with E-state index in [-0.39, 0.29) is 29.7 Å². The van der Waals surface area contributed by atoms with E-state index in [1.54, 1.807) is 55.5 Å². The number of aromatic hydroxyl groups is 1. The number of phenols is 1. The van der Waals surface area contributed by atoms with Crippen molar-refractivity contribution in [2.75, 3.05) is 0 Å². The highest BCUT2D eigenvalue weighted by Gasteiger charge is 2.15. The predicted octanol–water partition coefficient (Wildman–Crippen LogP) is 3.99. The number of hydrogen-bond donors (Lipinski definition) is 3. The van der Waals surface area contributed by atoms with Gasteiger partial charge in [-0.15, -0.1) is 0 Å². The number of carbonyl (C=O) groups excluding carboxylic acids is 3. The average molecular weight is 428 g/mol. The number of aryl methyl sites for hydroxylation is 1. The van der Waals surface area contributed by atoms with Gasteiger partial charge < -0.3 is 15.7 Å². The Morgan fingerprint density at radius 3 is 2.31 bits per heavy atom. The fourth-order valence-corrected chi connectivity index (χ4v) is 3.14. The Morgan fingerprint density at radius 2 is 1.66 bits per heavy atom. The van der Waals surface area contributed by atoms with E-state index < -0.39 is 5.91 Å². The zero-order chi connectivity index (χ0) is 23.1. The molecule has 3 aromatic carbocycles. The second kappa shape index (κ2) is 10.2. The smallest absolute Gasteiger partial charge is 0.256 e. The Balaban J connectivity index is 1.70. The fraction of sp³-hybridized carbons (Fsp3) is 0.115. The fourth-order valence-electron chi connectivity index (χ4n) is 3.14. The number of benzene rings is 3. The summed E-state index contributed by atoms with van der Waals surface area (Å²) in [6.07, 6.45) is 1.62. The molecule has 32 heavy (non-hydrogen) atoms. The summed E-state index contributed by atoms with van der Waals surface area (Å²) in [4.78, 5) is 37.2. The monoisotopic (exact) mass is 428 g/mol. The molecule has 3 aromatic rings. The first-order valence-corrected chi connectivity index (χ1v) is 10.1. The van der Waals surface area contributed by atoms with Gasteiger partial charge in [-0.05, 0) is 60.0 Å². The van der Waals surface area contributed by atoms with Crippen molar-refractivity contribution in [2.45, 2.75) is 20.4 Å². The number of ketones is 1. The van der Waals surface area contributed by atoms with Crippen molar-refractivity contribution in [2.24, 2.45) is 0 Å². The minimum atomic E-state index is -0.424. The molecule has 6 nitrogen and oxygen atoms in total. The quantitative estimate of drug-likeness (QED) is 0.496. The number of nitrogens with one attached hydrogen (secondary N) is 2. The molecule has 162 valence electrons. The summed E-state index contributed by atoms with van der Waals surface area (Å²) in [6.45, 7) is 3.39. The van der Waals surface area contributed by atoms with Gasteiger partial charge in [-0.3, -0.25) is 14.4 Å². The van der Waals surface area contributed by atoms with Crippen molar-refractivity contribution in [3.05, 3.63) is 106 Å². The maximum Gasteiger partial charge on any atom is 0.256 e. The number of rotatable bonds is 7. The minimum absolute atomic E-state index is 0.134. The topological polar surface area (TPSA) is 95.5 Å². The maximum absolute atomic E-state index is 12.8. The standard InChI is InChI=1S/C26H24N2O4/c1-17-13-21(25(31)27-16-20-9-6-10-22(30)14-20)11-12-23(17)26(32)28-24(18(2)29)15-19-7-4-3-5-8-19/h3-15,30H,16H2,1-2H3,(H,27,31)(H,28,32)/b24-15-. The minimum Gasteiger partial charge on any atom is -0.508 e. The molecule has 0 saturated heterocycles. The van der Waals surface area contributed by atoms with Crippen molar-refractivity contribution in [1.29, 1.82) is 0 Å². The lowest BCUT2D eigenvalue weighted by atomic mass is 10.0. The van der Waals surface area contributed by atoms with Gasteiger partial charge >= 0.3 is 0 Å². The van der Waals surface area contributed by atoms with Crippen LogP contribution in [0.4, 0.5) is 0 Å². The Kier molecular flexibility index (Phi) is 7.18. The molecule has 0 heterocycles. The van der Waals surface area contributed by atoms with E-state index in [1.807, 2.05) is 30.3 Å². The highest BCUT2D eigenvalue weighted by atomic mass is 16.3. The van der Waals surface area contributed by atoms with E-state index in [1.165, 1.54) is 6.92 Å². The molecular weight excluding hydrogens is 404 g/mol. The van der Waals surface area contributed by atoms with Crippen molar-refractivity contribution in [1.82, 2.24) is 10.6 Å². The largest absolute Gasteiger partial charge is 0.508 e. The van der Waals surface area contributed by atoms with E-state index in [2.05, 4.69) is 10.6 Å². The highest BCUT2D eigenvalue weighted by molar-refractivity contribution is 6.06. The van der Waals surface area contributed by atoms with Crippen molar-refractivity contribution < 1.29 is 19.5 Å². The Morgan fingerprint density at radius 1 is 0.906 bits per heavy atom. The normalized spacial score (nSPS) is 11.0. The van der Waals surface area contributed by atoms with Crippen LogP contribution in [0.5, 0.6) is 5.75 Å². The molecule has 0 bridgehead atoms. The number of amides is 2. The lowest BCUT2D eigenvalue weighted by Crippen LogP contribution is -2.27. The van der Waals surface area contributed by atoms with Crippen molar-refractivity contribution in [3.63, 3.8) is 0 Å². The number of allylic oxidation sites excluding steroid dienone is 1. The first-order chi connectivity index (χ1) is 15.3. The zero-order valence-corrected chi connectivity index (χ0v) is 17.9. The van der Waals surface area contributed by atoms with Crippen LogP contribution in [0.1, 0.15) is 44.3 Å². The molecule has 6 heteroatoms. The summed E-state index contributed by atoms with van der Waals surface area (Å²) in [5.41, 5.74) is 3.14. The van der Waals surface area contributed by atoms with Gasteiger partial charge in [-0.1, -0.05) is 42.5 Å². The Hall–Kier alpha value is -4.19. The molecule has 0 radical (unpaired) electrons. The molecule has 0 fully saturated rings. The lowest BCUT2D eigenvalue weighted by Gasteiger charge is -2.11. The first kappa shape index (κ1) is 22.5. The third-order valence-electron chi connectivity index (χ3n) is 4.83. The van der Waals surface area contributed by atoms with Gasteiger partial charge in [0.15, 0.2) is 5.78 Å². The van der Waals surface area contributed by atoms with E-state index >= 15 is 0 Å². The van der Waals surface area contributed by atoms with E-state index in [0.717, 1.165) is 11.1 Å². The second-order valence-electron chi connectivity index (χ2n) is 7.36.